The Labute approximate surface area is 121 Å². The molecule has 2 N–H and O–H groups in total. The van der Waals surface area contributed by atoms with E-state index in [9.17, 15) is 0 Å². The maximum Gasteiger partial charge on any atom is 0.160 e. The van der Waals surface area contributed by atoms with Gasteiger partial charge in [-0.15, -0.1) is 0 Å². The number of fused-ring (bicyclic) bond motifs is 2. The number of pyridine rings is 1. The number of anilines is 2. The molecule has 0 aliphatic carbocycles. The van der Waals surface area contributed by atoms with Crippen molar-refractivity contribution >= 4 is 33.4 Å². The van der Waals surface area contributed by atoms with Crippen LogP contribution in [-0.2, 0) is 7.05 Å². The van der Waals surface area contributed by atoms with Gasteiger partial charge >= 0.3 is 0 Å². The number of hydrogen-bond donors (Lipinski definition) is 2. The Bertz CT molecular complexity index is 948. The Hall–Kier alpha value is -2.82. The molecule has 0 amide bonds. The fourth-order valence-electron chi connectivity index (χ4n) is 2.71. The van der Waals surface area contributed by atoms with Gasteiger partial charge in [0.2, 0.25) is 0 Å². The van der Waals surface area contributed by atoms with Gasteiger partial charge in [0.25, 0.3) is 0 Å². The molecule has 1 aromatic carbocycles. The quantitative estimate of drug-likeness (QED) is 0.589. The van der Waals surface area contributed by atoms with Gasteiger partial charge in [0, 0.05) is 24.0 Å². The van der Waals surface area contributed by atoms with E-state index in [1.165, 1.54) is 5.56 Å². The lowest BCUT2D eigenvalue weighted by atomic mass is 10.2. The van der Waals surface area contributed by atoms with Gasteiger partial charge in [-0.2, -0.15) is 5.10 Å². The van der Waals surface area contributed by atoms with Gasteiger partial charge in [-0.3, -0.25) is 5.10 Å². The summed E-state index contributed by atoms with van der Waals surface area (Å²) >= 11 is 0. The van der Waals surface area contributed by atoms with Crippen molar-refractivity contribution in [3.63, 3.8) is 0 Å². The molecule has 5 nitrogen and oxygen atoms in total. The number of aromatic nitrogens is 4. The van der Waals surface area contributed by atoms with Crippen LogP contribution in [0.1, 0.15) is 5.56 Å². The highest BCUT2D eigenvalue weighted by molar-refractivity contribution is 5.92. The Kier molecular flexibility index (Phi) is 2.47. The van der Waals surface area contributed by atoms with Gasteiger partial charge in [0.05, 0.1) is 17.4 Å². The average molecular weight is 277 g/mol. The standard InChI is InChI=1S/C16H15N5/c1-10-9-21(2)16-13(10)7-11(8-17-16)18-15-12-5-3-4-6-14(12)19-20-15/h3-9H,1-2H3,(H2,18,19,20). The van der Waals surface area contributed by atoms with Crippen molar-refractivity contribution in [1.29, 1.82) is 0 Å². The summed E-state index contributed by atoms with van der Waals surface area (Å²) in [5.41, 5.74) is 4.17. The Balaban J connectivity index is 1.78. The zero-order valence-electron chi connectivity index (χ0n) is 11.9. The number of para-hydroxylation sites is 1. The maximum absolute atomic E-state index is 4.52. The molecule has 0 bridgehead atoms. The lowest BCUT2D eigenvalue weighted by molar-refractivity contribution is 0.944. The predicted molar refractivity (Wildman–Crippen MR) is 84.8 cm³/mol. The summed E-state index contributed by atoms with van der Waals surface area (Å²) in [6.45, 7) is 2.09. The Morgan fingerprint density at radius 1 is 1.19 bits per heavy atom. The summed E-state index contributed by atoms with van der Waals surface area (Å²) in [7, 11) is 2.01. The van der Waals surface area contributed by atoms with Gasteiger partial charge in [-0.1, -0.05) is 12.1 Å². The fourth-order valence-corrected chi connectivity index (χ4v) is 2.71. The van der Waals surface area contributed by atoms with Crippen LogP contribution in [0.5, 0.6) is 0 Å². The van der Waals surface area contributed by atoms with E-state index in [4.69, 9.17) is 0 Å². The molecule has 0 radical (unpaired) electrons. The zero-order valence-corrected chi connectivity index (χ0v) is 11.9. The van der Waals surface area contributed by atoms with E-state index in [1.807, 2.05) is 42.1 Å². The molecule has 104 valence electrons. The largest absolute Gasteiger partial charge is 0.337 e. The minimum atomic E-state index is 0.820. The zero-order chi connectivity index (χ0) is 14.4. The van der Waals surface area contributed by atoms with Crippen molar-refractivity contribution in [2.45, 2.75) is 6.92 Å². The van der Waals surface area contributed by atoms with E-state index in [1.54, 1.807) is 0 Å². The fraction of sp³-hybridized carbons (Fsp3) is 0.125. The van der Waals surface area contributed by atoms with Crippen molar-refractivity contribution in [3.8, 4) is 0 Å². The molecule has 0 saturated carbocycles. The lowest BCUT2D eigenvalue weighted by Gasteiger charge is -2.04. The number of hydrogen-bond acceptors (Lipinski definition) is 3. The van der Waals surface area contributed by atoms with Crippen LogP contribution in [-0.4, -0.2) is 19.7 Å². The van der Waals surface area contributed by atoms with Crippen LogP contribution in [0.25, 0.3) is 21.9 Å². The molecule has 0 spiro atoms. The lowest BCUT2D eigenvalue weighted by Crippen LogP contribution is -1.93. The van der Waals surface area contributed by atoms with Crippen molar-refractivity contribution < 1.29 is 0 Å². The number of rotatable bonds is 2. The highest BCUT2D eigenvalue weighted by Crippen LogP contribution is 2.26. The van der Waals surface area contributed by atoms with Crippen LogP contribution in [0.4, 0.5) is 11.5 Å². The van der Waals surface area contributed by atoms with Crippen LogP contribution in [0.15, 0.2) is 42.7 Å². The molecule has 0 fully saturated rings. The summed E-state index contributed by atoms with van der Waals surface area (Å²) in [4.78, 5) is 4.52. The third-order valence-electron chi connectivity index (χ3n) is 3.75. The second kappa shape index (κ2) is 4.34. The Morgan fingerprint density at radius 2 is 2.05 bits per heavy atom. The van der Waals surface area contributed by atoms with Crippen molar-refractivity contribution in [3.05, 3.63) is 48.3 Å². The SMILES string of the molecule is Cc1cn(C)c2ncc(Nc3n[nH]c4ccccc34)cc12. The number of benzene rings is 1. The Morgan fingerprint density at radius 3 is 2.95 bits per heavy atom. The van der Waals surface area contributed by atoms with Crippen LogP contribution < -0.4 is 5.32 Å². The minimum Gasteiger partial charge on any atom is -0.337 e. The molecule has 0 atom stereocenters. The summed E-state index contributed by atoms with van der Waals surface area (Å²) in [5.74, 6) is 0.820. The molecule has 0 aliphatic rings. The summed E-state index contributed by atoms with van der Waals surface area (Å²) in [5, 5.41) is 12.9. The van der Waals surface area contributed by atoms with Crippen molar-refractivity contribution in [1.82, 2.24) is 19.7 Å². The van der Waals surface area contributed by atoms with Crippen molar-refractivity contribution in [2.24, 2.45) is 7.05 Å². The van der Waals surface area contributed by atoms with Crippen LogP contribution in [0.3, 0.4) is 0 Å². The van der Waals surface area contributed by atoms with E-state index in [-0.39, 0.29) is 0 Å². The maximum atomic E-state index is 4.52. The molecule has 0 saturated heterocycles. The molecule has 4 rings (SSSR count). The minimum absolute atomic E-state index is 0.820. The van der Waals surface area contributed by atoms with Gasteiger partial charge < -0.3 is 9.88 Å². The molecule has 0 aliphatic heterocycles. The van der Waals surface area contributed by atoms with E-state index < -0.39 is 0 Å². The molecule has 0 unspecified atom stereocenters. The monoisotopic (exact) mass is 277 g/mol. The van der Waals surface area contributed by atoms with Gasteiger partial charge in [0.1, 0.15) is 5.65 Å². The molecular formula is C16H15N5. The van der Waals surface area contributed by atoms with Crippen LogP contribution in [0.2, 0.25) is 0 Å². The van der Waals surface area contributed by atoms with Crippen molar-refractivity contribution in [2.75, 3.05) is 5.32 Å². The summed E-state index contributed by atoms with van der Waals surface area (Å²) in [6, 6.07) is 10.2. The highest BCUT2D eigenvalue weighted by Gasteiger charge is 2.08. The number of aromatic amines is 1. The number of nitrogens with zero attached hydrogens (tertiary/aromatic N) is 3. The van der Waals surface area contributed by atoms with Gasteiger partial charge in [-0.25, -0.2) is 4.98 Å². The van der Waals surface area contributed by atoms with E-state index in [0.29, 0.717) is 0 Å². The molecule has 5 heteroatoms. The first kappa shape index (κ1) is 12.0. The van der Waals surface area contributed by atoms with E-state index in [2.05, 4.69) is 39.7 Å². The first-order valence-electron chi connectivity index (χ1n) is 6.84. The normalized spacial score (nSPS) is 11.3. The summed E-state index contributed by atoms with van der Waals surface area (Å²) < 4.78 is 2.04. The number of nitrogens with one attached hydrogen (secondary N) is 2. The van der Waals surface area contributed by atoms with Crippen LogP contribution >= 0.6 is 0 Å². The number of H-pyrrole nitrogens is 1. The molecule has 3 aromatic heterocycles. The topological polar surface area (TPSA) is 58.5 Å². The molecular weight excluding hydrogens is 262 g/mol. The molecule has 4 aromatic rings. The smallest absolute Gasteiger partial charge is 0.160 e. The van der Waals surface area contributed by atoms with E-state index in [0.717, 1.165) is 33.4 Å². The van der Waals surface area contributed by atoms with E-state index >= 15 is 0 Å². The van der Waals surface area contributed by atoms with Crippen LogP contribution in [0, 0.1) is 6.92 Å². The number of aryl methyl sites for hydroxylation is 2. The third kappa shape index (κ3) is 1.86. The third-order valence-corrected chi connectivity index (χ3v) is 3.75. The summed E-state index contributed by atoms with van der Waals surface area (Å²) in [6.07, 6.45) is 3.93. The van der Waals surface area contributed by atoms with Gasteiger partial charge in [-0.05, 0) is 30.7 Å². The molecule has 21 heavy (non-hydrogen) atoms. The predicted octanol–water partition coefficient (Wildman–Crippen LogP) is 3.50. The average Bonchev–Trinajstić information content (AvgIpc) is 3.02. The first-order valence-corrected chi connectivity index (χ1v) is 6.84. The second-order valence-corrected chi connectivity index (χ2v) is 5.26. The first-order chi connectivity index (χ1) is 10.2. The van der Waals surface area contributed by atoms with Gasteiger partial charge in [0.15, 0.2) is 5.82 Å². The highest BCUT2D eigenvalue weighted by atomic mass is 15.2. The second-order valence-electron chi connectivity index (χ2n) is 5.26. The molecule has 3 heterocycles.